The van der Waals surface area contributed by atoms with Gasteiger partial charge >= 0.3 is 13.6 Å². The SMILES string of the molecule is CCOC(=O)c1ccc(COP(=O)(CC)OCC)s1. The Morgan fingerprint density at radius 3 is 2.53 bits per heavy atom. The predicted molar refractivity (Wildman–Crippen MR) is 74.8 cm³/mol. The molecule has 1 aromatic heterocycles. The van der Waals surface area contributed by atoms with Gasteiger partial charge in [0.1, 0.15) is 4.88 Å². The van der Waals surface area contributed by atoms with Gasteiger partial charge in [0, 0.05) is 11.0 Å². The predicted octanol–water partition coefficient (Wildman–Crippen LogP) is 3.69. The lowest BCUT2D eigenvalue weighted by Crippen LogP contribution is -2.01. The molecular weight excluding hydrogens is 287 g/mol. The summed E-state index contributed by atoms with van der Waals surface area (Å²) in [6, 6.07) is 3.45. The van der Waals surface area contributed by atoms with E-state index >= 15 is 0 Å². The quantitative estimate of drug-likeness (QED) is 0.541. The van der Waals surface area contributed by atoms with E-state index in [1.165, 1.54) is 11.3 Å². The number of hydrogen-bond acceptors (Lipinski definition) is 6. The first-order valence-electron chi connectivity index (χ1n) is 6.18. The molecular formula is C12H19O5PS. The van der Waals surface area contributed by atoms with Crippen molar-refractivity contribution in [2.24, 2.45) is 0 Å². The van der Waals surface area contributed by atoms with Crippen molar-refractivity contribution >= 4 is 24.9 Å². The molecule has 1 atom stereocenters. The van der Waals surface area contributed by atoms with Crippen molar-refractivity contribution in [1.29, 1.82) is 0 Å². The Labute approximate surface area is 117 Å². The molecule has 1 rings (SSSR count). The van der Waals surface area contributed by atoms with Crippen LogP contribution in [0, 0.1) is 0 Å². The first-order chi connectivity index (χ1) is 9.04. The smallest absolute Gasteiger partial charge is 0.348 e. The Hall–Kier alpha value is -0.680. The molecule has 19 heavy (non-hydrogen) atoms. The Kier molecular flexibility index (Phi) is 6.72. The summed E-state index contributed by atoms with van der Waals surface area (Å²) in [5.74, 6) is -0.345. The van der Waals surface area contributed by atoms with E-state index in [-0.39, 0.29) is 12.6 Å². The second-order valence-corrected chi connectivity index (χ2v) is 7.14. The monoisotopic (exact) mass is 306 g/mol. The van der Waals surface area contributed by atoms with E-state index in [0.29, 0.717) is 24.3 Å². The summed E-state index contributed by atoms with van der Waals surface area (Å²) in [4.78, 5) is 12.8. The fourth-order valence-electron chi connectivity index (χ4n) is 1.35. The summed E-state index contributed by atoms with van der Waals surface area (Å²) in [5, 5.41) is 0. The standard InChI is InChI=1S/C12H19O5PS/c1-4-15-12(13)11-8-7-10(19-11)9-17-18(14,6-3)16-5-2/h7-8H,4-6,9H2,1-3H3. The molecule has 0 spiro atoms. The van der Waals surface area contributed by atoms with E-state index in [2.05, 4.69) is 0 Å². The third-order valence-electron chi connectivity index (χ3n) is 2.25. The Morgan fingerprint density at radius 2 is 1.95 bits per heavy atom. The van der Waals surface area contributed by atoms with Gasteiger partial charge in [0.05, 0.1) is 19.8 Å². The van der Waals surface area contributed by atoms with Crippen LogP contribution in [0.2, 0.25) is 0 Å². The minimum absolute atomic E-state index is 0.176. The highest BCUT2D eigenvalue weighted by Gasteiger charge is 2.21. The Balaban J connectivity index is 2.59. The van der Waals surface area contributed by atoms with E-state index in [9.17, 15) is 9.36 Å². The van der Waals surface area contributed by atoms with E-state index in [4.69, 9.17) is 13.8 Å². The van der Waals surface area contributed by atoms with Gasteiger partial charge in [-0.05, 0) is 26.0 Å². The number of thiophene rings is 1. The zero-order chi connectivity index (χ0) is 14.3. The van der Waals surface area contributed by atoms with Gasteiger partial charge in [-0.1, -0.05) is 6.92 Å². The fraction of sp³-hybridized carbons (Fsp3) is 0.583. The van der Waals surface area contributed by atoms with Crippen molar-refractivity contribution in [3.05, 3.63) is 21.9 Å². The molecule has 7 heteroatoms. The third-order valence-corrected chi connectivity index (χ3v) is 5.24. The summed E-state index contributed by atoms with van der Waals surface area (Å²) in [6.07, 6.45) is 0.330. The van der Waals surface area contributed by atoms with Crippen molar-refractivity contribution in [2.45, 2.75) is 27.4 Å². The molecule has 0 bridgehead atoms. The number of ether oxygens (including phenoxy) is 1. The second-order valence-electron chi connectivity index (χ2n) is 3.60. The highest BCUT2D eigenvalue weighted by atomic mass is 32.1. The van der Waals surface area contributed by atoms with Crippen molar-refractivity contribution < 1.29 is 23.1 Å². The molecule has 0 saturated carbocycles. The number of esters is 1. The van der Waals surface area contributed by atoms with Crippen LogP contribution in [0.3, 0.4) is 0 Å². The molecule has 0 amide bonds. The maximum Gasteiger partial charge on any atom is 0.348 e. The Morgan fingerprint density at radius 1 is 1.21 bits per heavy atom. The van der Waals surface area contributed by atoms with Gasteiger partial charge in [0.15, 0.2) is 0 Å². The zero-order valence-corrected chi connectivity index (χ0v) is 13.1. The summed E-state index contributed by atoms with van der Waals surface area (Å²) in [6.45, 7) is 6.16. The summed E-state index contributed by atoms with van der Waals surface area (Å²) in [7, 11) is -3.00. The molecule has 0 N–H and O–H groups in total. The lowest BCUT2D eigenvalue weighted by molar-refractivity contribution is 0.0532. The molecule has 0 fully saturated rings. The number of hydrogen-bond donors (Lipinski definition) is 0. The lowest BCUT2D eigenvalue weighted by Gasteiger charge is -2.15. The number of carbonyl (C=O) groups is 1. The van der Waals surface area contributed by atoms with Gasteiger partial charge in [-0.2, -0.15) is 0 Å². The molecule has 1 aromatic rings. The average Bonchev–Trinajstić information content (AvgIpc) is 2.86. The van der Waals surface area contributed by atoms with Crippen LogP contribution in [0.15, 0.2) is 12.1 Å². The van der Waals surface area contributed by atoms with Crippen LogP contribution in [-0.4, -0.2) is 25.3 Å². The Bertz CT molecular complexity index is 457. The molecule has 0 saturated heterocycles. The van der Waals surface area contributed by atoms with Crippen LogP contribution < -0.4 is 0 Å². The van der Waals surface area contributed by atoms with Crippen molar-refractivity contribution in [3.63, 3.8) is 0 Å². The maximum atomic E-state index is 12.1. The molecule has 1 unspecified atom stereocenters. The summed E-state index contributed by atoms with van der Waals surface area (Å²) < 4.78 is 27.5. The van der Waals surface area contributed by atoms with Crippen LogP contribution in [0.5, 0.6) is 0 Å². The summed E-state index contributed by atoms with van der Waals surface area (Å²) >= 11 is 1.27. The number of rotatable bonds is 8. The first kappa shape index (κ1) is 16.4. The van der Waals surface area contributed by atoms with Crippen molar-refractivity contribution in [2.75, 3.05) is 19.4 Å². The van der Waals surface area contributed by atoms with Gasteiger partial charge in [-0.25, -0.2) is 4.79 Å². The topological polar surface area (TPSA) is 61.8 Å². The second kappa shape index (κ2) is 7.80. The molecule has 0 aliphatic carbocycles. The van der Waals surface area contributed by atoms with E-state index in [0.717, 1.165) is 4.88 Å². The molecule has 1 heterocycles. The molecule has 108 valence electrons. The van der Waals surface area contributed by atoms with Crippen molar-refractivity contribution in [1.82, 2.24) is 0 Å². The maximum absolute atomic E-state index is 12.1. The van der Waals surface area contributed by atoms with Crippen LogP contribution in [0.25, 0.3) is 0 Å². The molecule has 0 radical (unpaired) electrons. The van der Waals surface area contributed by atoms with Gasteiger partial charge in [0.25, 0.3) is 0 Å². The fourth-order valence-corrected chi connectivity index (χ4v) is 3.42. The highest BCUT2D eigenvalue weighted by molar-refractivity contribution is 7.53. The average molecular weight is 306 g/mol. The number of carbonyl (C=O) groups excluding carboxylic acids is 1. The lowest BCUT2D eigenvalue weighted by atomic mass is 10.4. The third kappa shape index (κ3) is 5.07. The molecule has 0 aliphatic heterocycles. The van der Waals surface area contributed by atoms with Gasteiger partial charge < -0.3 is 13.8 Å². The summed E-state index contributed by atoms with van der Waals surface area (Å²) in [5.41, 5.74) is 0. The van der Waals surface area contributed by atoms with Crippen LogP contribution in [0.1, 0.15) is 35.3 Å². The van der Waals surface area contributed by atoms with Gasteiger partial charge in [-0.3, -0.25) is 4.57 Å². The minimum Gasteiger partial charge on any atom is -0.462 e. The van der Waals surface area contributed by atoms with Crippen LogP contribution >= 0.6 is 18.9 Å². The molecule has 0 aromatic carbocycles. The molecule has 0 aliphatic rings. The van der Waals surface area contributed by atoms with Crippen LogP contribution in [-0.2, 0) is 25.0 Å². The van der Waals surface area contributed by atoms with E-state index < -0.39 is 7.60 Å². The van der Waals surface area contributed by atoms with E-state index in [1.54, 1.807) is 32.9 Å². The van der Waals surface area contributed by atoms with Gasteiger partial charge in [0.2, 0.25) is 0 Å². The van der Waals surface area contributed by atoms with E-state index in [1.807, 2.05) is 0 Å². The largest absolute Gasteiger partial charge is 0.462 e. The van der Waals surface area contributed by atoms with Crippen molar-refractivity contribution in [3.8, 4) is 0 Å². The first-order valence-corrected chi connectivity index (χ1v) is 8.73. The van der Waals surface area contributed by atoms with Gasteiger partial charge in [-0.15, -0.1) is 11.3 Å². The van der Waals surface area contributed by atoms with Crippen LogP contribution in [0.4, 0.5) is 0 Å². The zero-order valence-electron chi connectivity index (χ0n) is 11.4. The molecule has 5 nitrogen and oxygen atoms in total. The normalized spacial score (nSPS) is 14.1. The highest BCUT2D eigenvalue weighted by Crippen LogP contribution is 2.48. The minimum atomic E-state index is -3.00.